The van der Waals surface area contributed by atoms with E-state index in [1.165, 1.54) is 11.3 Å². The van der Waals surface area contributed by atoms with Gasteiger partial charge in [0.05, 0.1) is 6.04 Å². The van der Waals surface area contributed by atoms with Crippen LogP contribution in [0.5, 0.6) is 0 Å². The molecule has 3 aromatic rings. The molecular formula is C14H13N5O2S2. The van der Waals surface area contributed by atoms with Crippen LogP contribution in [0, 0.1) is 0 Å². The number of thiophene rings is 1. The Hall–Kier alpha value is -2.26. The van der Waals surface area contributed by atoms with Gasteiger partial charge in [-0.2, -0.15) is 0 Å². The maximum Gasteiger partial charge on any atom is 0.271 e. The third kappa shape index (κ3) is 2.84. The standard InChI is InChI=1S/C14H13N5O2S2/c20-23(21,13-5-2-8-22-13)16-11-4-1-3-10(9-11)14-15-17-18-19(14)12-6-7-12/h1-5,8-9,12,16H,6-7H2. The topological polar surface area (TPSA) is 89.8 Å². The molecule has 2 heterocycles. The average molecular weight is 347 g/mol. The van der Waals surface area contributed by atoms with Crippen molar-refractivity contribution in [2.75, 3.05) is 4.72 Å². The summed E-state index contributed by atoms with van der Waals surface area (Å²) in [6.45, 7) is 0. The number of anilines is 1. The Morgan fingerprint density at radius 2 is 2.09 bits per heavy atom. The van der Waals surface area contributed by atoms with Crippen molar-refractivity contribution in [2.24, 2.45) is 0 Å². The fourth-order valence-corrected chi connectivity index (χ4v) is 4.33. The van der Waals surface area contributed by atoms with E-state index in [-0.39, 0.29) is 4.21 Å². The third-order valence-corrected chi connectivity index (χ3v) is 6.30. The van der Waals surface area contributed by atoms with Crippen molar-refractivity contribution < 1.29 is 8.42 Å². The highest BCUT2D eigenvalue weighted by Crippen LogP contribution is 2.36. The van der Waals surface area contributed by atoms with Gasteiger partial charge in [-0.05, 0) is 46.8 Å². The highest BCUT2D eigenvalue weighted by Gasteiger charge is 2.28. The van der Waals surface area contributed by atoms with Crippen LogP contribution in [0.15, 0.2) is 46.0 Å². The lowest BCUT2D eigenvalue weighted by Crippen LogP contribution is -2.11. The number of sulfonamides is 1. The largest absolute Gasteiger partial charge is 0.279 e. The normalized spacial score (nSPS) is 14.8. The summed E-state index contributed by atoms with van der Waals surface area (Å²) in [7, 11) is -3.56. The van der Waals surface area contributed by atoms with Crippen molar-refractivity contribution in [3.63, 3.8) is 0 Å². The highest BCUT2D eigenvalue weighted by molar-refractivity contribution is 7.94. The molecule has 0 saturated heterocycles. The number of nitrogens with zero attached hydrogens (tertiary/aromatic N) is 4. The summed E-state index contributed by atoms with van der Waals surface area (Å²) in [5.41, 5.74) is 1.27. The van der Waals surface area contributed by atoms with E-state index in [1.807, 2.05) is 6.07 Å². The van der Waals surface area contributed by atoms with Gasteiger partial charge in [0.1, 0.15) is 4.21 Å². The molecule has 0 unspecified atom stereocenters. The smallest absolute Gasteiger partial charge is 0.271 e. The Morgan fingerprint density at radius 3 is 2.83 bits per heavy atom. The zero-order valence-electron chi connectivity index (χ0n) is 12.0. The first-order valence-corrected chi connectivity index (χ1v) is 9.44. The second kappa shape index (κ2) is 5.43. The third-order valence-electron chi connectivity index (χ3n) is 3.52. The summed E-state index contributed by atoms with van der Waals surface area (Å²) < 4.78 is 29.3. The molecule has 0 spiro atoms. The van der Waals surface area contributed by atoms with Crippen molar-refractivity contribution in [3.05, 3.63) is 41.8 Å². The SMILES string of the molecule is O=S(=O)(Nc1cccc(-c2nnnn2C2CC2)c1)c1cccs1. The van der Waals surface area contributed by atoms with Crippen LogP contribution in [-0.4, -0.2) is 28.6 Å². The summed E-state index contributed by atoms with van der Waals surface area (Å²) in [4.78, 5) is 0. The van der Waals surface area contributed by atoms with Gasteiger partial charge >= 0.3 is 0 Å². The number of hydrogen-bond acceptors (Lipinski definition) is 6. The molecule has 9 heteroatoms. The van der Waals surface area contributed by atoms with E-state index in [4.69, 9.17) is 0 Å². The lowest BCUT2D eigenvalue weighted by Gasteiger charge is -2.08. The van der Waals surface area contributed by atoms with Crippen molar-refractivity contribution in [1.82, 2.24) is 20.2 Å². The second-order valence-electron chi connectivity index (χ2n) is 5.30. The van der Waals surface area contributed by atoms with Gasteiger partial charge in [-0.3, -0.25) is 4.72 Å². The molecule has 1 N–H and O–H groups in total. The molecule has 0 amide bonds. The molecule has 1 aromatic carbocycles. The van der Waals surface area contributed by atoms with Crippen LogP contribution >= 0.6 is 11.3 Å². The van der Waals surface area contributed by atoms with Crippen LogP contribution < -0.4 is 4.72 Å². The lowest BCUT2D eigenvalue weighted by atomic mass is 10.2. The second-order valence-corrected chi connectivity index (χ2v) is 8.15. The van der Waals surface area contributed by atoms with Gasteiger partial charge in [0.15, 0.2) is 5.82 Å². The Bertz CT molecular complexity index is 930. The van der Waals surface area contributed by atoms with E-state index in [2.05, 4.69) is 20.2 Å². The van der Waals surface area contributed by atoms with Crippen LogP contribution in [0.4, 0.5) is 5.69 Å². The highest BCUT2D eigenvalue weighted by atomic mass is 32.2. The molecular weight excluding hydrogens is 334 g/mol. The van der Waals surface area contributed by atoms with E-state index >= 15 is 0 Å². The monoisotopic (exact) mass is 347 g/mol. The number of hydrogen-bond donors (Lipinski definition) is 1. The quantitative estimate of drug-likeness (QED) is 0.766. The predicted octanol–water partition coefficient (Wildman–Crippen LogP) is 2.54. The first kappa shape index (κ1) is 14.3. The molecule has 0 bridgehead atoms. The van der Waals surface area contributed by atoms with Crippen molar-refractivity contribution >= 4 is 27.0 Å². The molecule has 23 heavy (non-hydrogen) atoms. The Morgan fingerprint density at radius 1 is 1.22 bits per heavy atom. The summed E-state index contributed by atoms with van der Waals surface area (Å²) in [6.07, 6.45) is 2.14. The number of tetrazole rings is 1. The van der Waals surface area contributed by atoms with Crippen molar-refractivity contribution in [2.45, 2.75) is 23.1 Å². The molecule has 1 fully saturated rings. The van der Waals surface area contributed by atoms with E-state index in [0.717, 1.165) is 18.4 Å². The minimum Gasteiger partial charge on any atom is -0.279 e. The maximum atomic E-state index is 12.3. The minimum absolute atomic E-state index is 0.283. The number of nitrogens with one attached hydrogen (secondary N) is 1. The predicted molar refractivity (Wildman–Crippen MR) is 86.7 cm³/mol. The van der Waals surface area contributed by atoms with Crippen molar-refractivity contribution in [3.8, 4) is 11.4 Å². The number of rotatable bonds is 5. The first-order valence-electron chi connectivity index (χ1n) is 7.08. The van der Waals surface area contributed by atoms with Crippen LogP contribution in [0.3, 0.4) is 0 Å². The zero-order chi connectivity index (χ0) is 15.9. The fraction of sp³-hybridized carbons (Fsp3) is 0.214. The van der Waals surface area contributed by atoms with Gasteiger partial charge in [-0.15, -0.1) is 16.4 Å². The summed E-state index contributed by atoms with van der Waals surface area (Å²) in [6, 6.07) is 10.7. The molecule has 1 aliphatic rings. The molecule has 1 aliphatic carbocycles. The molecule has 118 valence electrons. The van der Waals surface area contributed by atoms with Crippen molar-refractivity contribution in [1.29, 1.82) is 0 Å². The molecule has 2 aromatic heterocycles. The zero-order valence-corrected chi connectivity index (χ0v) is 13.6. The van der Waals surface area contributed by atoms with E-state index in [1.54, 1.807) is 40.4 Å². The minimum atomic E-state index is -3.56. The number of aromatic nitrogens is 4. The Balaban J connectivity index is 1.65. The van der Waals surface area contributed by atoms with Gasteiger partial charge in [0.25, 0.3) is 10.0 Å². The molecule has 7 nitrogen and oxygen atoms in total. The summed E-state index contributed by atoms with van der Waals surface area (Å²) in [5, 5.41) is 13.5. The number of benzene rings is 1. The van der Waals surface area contributed by atoms with Gasteiger partial charge < -0.3 is 0 Å². The molecule has 0 atom stereocenters. The van der Waals surface area contributed by atoms with Gasteiger partial charge in [-0.25, -0.2) is 13.1 Å². The molecule has 0 radical (unpaired) electrons. The van der Waals surface area contributed by atoms with Gasteiger partial charge in [-0.1, -0.05) is 18.2 Å². The van der Waals surface area contributed by atoms with Crippen LogP contribution in [0.25, 0.3) is 11.4 Å². The van der Waals surface area contributed by atoms with E-state index < -0.39 is 10.0 Å². The van der Waals surface area contributed by atoms with E-state index in [9.17, 15) is 8.42 Å². The molecule has 0 aliphatic heterocycles. The fourth-order valence-electron chi connectivity index (χ4n) is 2.29. The summed E-state index contributed by atoms with van der Waals surface area (Å²) in [5.74, 6) is 0.657. The van der Waals surface area contributed by atoms with E-state index in [0.29, 0.717) is 17.6 Å². The Labute approximate surface area is 137 Å². The lowest BCUT2D eigenvalue weighted by molar-refractivity contribution is 0.603. The van der Waals surface area contributed by atoms with Crippen LogP contribution in [0.2, 0.25) is 0 Å². The first-order chi connectivity index (χ1) is 11.1. The van der Waals surface area contributed by atoms with Crippen LogP contribution in [0.1, 0.15) is 18.9 Å². The van der Waals surface area contributed by atoms with Crippen LogP contribution in [-0.2, 0) is 10.0 Å². The van der Waals surface area contributed by atoms with Gasteiger partial charge in [0, 0.05) is 11.3 Å². The Kier molecular flexibility index (Phi) is 3.38. The average Bonchev–Trinajstić information content (AvgIpc) is 3.05. The summed E-state index contributed by atoms with van der Waals surface area (Å²) >= 11 is 1.18. The van der Waals surface area contributed by atoms with Gasteiger partial charge in [0.2, 0.25) is 0 Å². The molecule has 4 rings (SSSR count). The maximum absolute atomic E-state index is 12.3. The molecule has 1 saturated carbocycles.